The molecule has 0 aliphatic carbocycles. The molecule has 2 aliphatic heterocycles. The van der Waals surface area contributed by atoms with Crippen LogP contribution in [0.5, 0.6) is 0 Å². The highest BCUT2D eigenvalue weighted by Gasteiger charge is 2.44. The molecule has 0 spiro atoms. The molecule has 0 bridgehead atoms. The highest BCUT2D eigenvalue weighted by Crippen LogP contribution is 2.39. The zero-order valence-corrected chi connectivity index (χ0v) is 35.4. The summed E-state index contributed by atoms with van der Waals surface area (Å²) in [5.41, 5.74) is -0.253. The maximum atomic E-state index is 13.3. The van der Waals surface area contributed by atoms with E-state index >= 15 is 0 Å². The Labute approximate surface area is 327 Å². The Bertz CT molecular complexity index is 918. The number of esters is 1. The van der Waals surface area contributed by atoms with Gasteiger partial charge in [0.15, 0.2) is 0 Å². The summed E-state index contributed by atoms with van der Waals surface area (Å²) in [7, 11) is 0. The number of unbranched alkanes of at least 4 members (excludes halogenated alkanes) is 22. The molecule has 0 saturated carbocycles. The van der Waals surface area contributed by atoms with E-state index in [1.807, 2.05) is 0 Å². The highest BCUT2D eigenvalue weighted by atomic mass is 16.5. The van der Waals surface area contributed by atoms with Crippen molar-refractivity contribution in [2.75, 3.05) is 39.5 Å². The molecule has 0 aromatic heterocycles. The number of hydrogen-bond acceptors (Lipinski definition) is 6. The van der Waals surface area contributed by atoms with E-state index in [9.17, 15) is 9.59 Å². The first-order valence-corrected chi connectivity index (χ1v) is 22.9. The lowest BCUT2D eigenvalue weighted by molar-refractivity contribution is -0.149. The molecule has 0 radical (unpaired) electrons. The quantitative estimate of drug-likeness (QED) is 0.0401. The van der Waals surface area contributed by atoms with Gasteiger partial charge in [-0.2, -0.15) is 0 Å². The summed E-state index contributed by atoms with van der Waals surface area (Å²) in [6.07, 6.45) is 39.4. The van der Waals surface area contributed by atoms with Crippen molar-refractivity contribution in [3.8, 4) is 0 Å². The van der Waals surface area contributed by atoms with Crippen LogP contribution in [-0.4, -0.2) is 74.0 Å². The lowest BCUT2D eigenvalue weighted by Crippen LogP contribution is -2.50. The van der Waals surface area contributed by atoms with Gasteiger partial charge in [0, 0.05) is 19.5 Å². The maximum absolute atomic E-state index is 13.3. The van der Waals surface area contributed by atoms with Crippen LogP contribution < -0.4 is 5.32 Å². The number of hydrogen-bond donors (Lipinski definition) is 1. The van der Waals surface area contributed by atoms with Crippen molar-refractivity contribution >= 4 is 11.9 Å². The highest BCUT2D eigenvalue weighted by molar-refractivity contribution is 5.76. The third-order valence-corrected chi connectivity index (χ3v) is 11.4. The molecule has 2 rings (SSSR count). The van der Waals surface area contributed by atoms with E-state index in [0.717, 1.165) is 38.8 Å². The van der Waals surface area contributed by atoms with Gasteiger partial charge in [-0.05, 0) is 64.7 Å². The summed E-state index contributed by atoms with van der Waals surface area (Å²) in [5, 5.41) is 3.30. The first-order valence-electron chi connectivity index (χ1n) is 22.9. The molecule has 7 heteroatoms. The summed E-state index contributed by atoms with van der Waals surface area (Å²) in [5.74, 6) is 0.156. The number of carbonyl (C=O) groups is 2. The Morgan fingerprint density at radius 1 is 0.717 bits per heavy atom. The van der Waals surface area contributed by atoms with Crippen molar-refractivity contribution in [3.05, 3.63) is 12.2 Å². The molecule has 0 unspecified atom stereocenters. The monoisotopic (exact) mass is 747 g/mol. The molecule has 1 N–H and O–H groups in total. The smallest absolute Gasteiger partial charge is 0.320 e. The number of carbonyl (C=O) groups excluding carboxylic acids is 2. The number of ether oxygens (including phenoxy) is 3. The van der Waals surface area contributed by atoms with Crippen molar-refractivity contribution in [3.63, 3.8) is 0 Å². The molecule has 2 aliphatic rings. The third-order valence-electron chi connectivity index (χ3n) is 11.4. The van der Waals surface area contributed by atoms with Gasteiger partial charge < -0.3 is 19.5 Å². The van der Waals surface area contributed by atoms with E-state index in [1.165, 1.54) is 148 Å². The van der Waals surface area contributed by atoms with Crippen molar-refractivity contribution in [2.45, 2.75) is 225 Å². The van der Waals surface area contributed by atoms with Gasteiger partial charge in [-0.3, -0.25) is 14.5 Å². The summed E-state index contributed by atoms with van der Waals surface area (Å²) in [6.45, 7) is 12.1. The van der Waals surface area contributed by atoms with Crippen LogP contribution in [0.3, 0.4) is 0 Å². The van der Waals surface area contributed by atoms with Gasteiger partial charge in [-0.25, -0.2) is 0 Å². The number of nitrogens with zero attached hydrogens (tertiary/aromatic N) is 1. The van der Waals surface area contributed by atoms with Gasteiger partial charge in [0.05, 0.1) is 37.5 Å². The Kier molecular flexibility index (Phi) is 28.6. The Hall–Kier alpha value is -1.44. The average Bonchev–Trinajstić information content (AvgIpc) is 3.46. The number of allylic oxidation sites excluding steroid dienone is 2. The van der Waals surface area contributed by atoms with Crippen molar-refractivity contribution in [1.82, 2.24) is 10.2 Å². The van der Waals surface area contributed by atoms with E-state index in [4.69, 9.17) is 14.2 Å². The fourth-order valence-electron chi connectivity index (χ4n) is 8.21. The van der Waals surface area contributed by atoms with Crippen LogP contribution in [0.4, 0.5) is 0 Å². The number of nitrogens with one attached hydrogen (secondary N) is 1. The van der Waals surface area contributed by atoms with E-state index in [-0.39, 0.29) is 42.8 Å². The van der Waals surface area contributed by atoms with Gasteiger partial charge in [-0.15, -0.1) is 0 Å². The van der Waals surface area contributed by atoms with Crippen LogP contribution in [0, 0.1) is 5.92 Å². The minimum Gasteiger partial charge on any atom is -0.462 e. The van der Waals surface area contributed by atoms with Crippen molar-refractivity contribution in [2.24, 2.45) is 5.92 Å². The summed E-state index contributed by atoms with van der Waals surface area (Å²) < 4.78 is 18.0. The van der Waals surface area contributed by atoms with Gasteiger partial charge in [0.25, 0.3) is 0 Å². The van der Waals surface area contributed by atoms with Crippen LogP contribution >= 0.6 is 0 Å². The van der Waals surface area contributed by atoms with Crippen molar-refractivity contribution in [1.29, 1.82) is 0 Å². The maximum Gasteiger partial charge on any atom is 0.320 e. The minimum atomic E-state index is -0.330. The predicted octanol–water partition coefficient (Wildman–Crippen LogP) is 11.7. The third kappa shape index (κ3) is 25.4. The largest absolute Gasteiger partial charge is 0.462 e. The second-order valence-corrected chi connectivity index (χ2v) is 17.1. The summed E-state index contributed by atoms with van der Waals surface area (Å²) in [4.78, 5) is 28.3. The summed E-state index contributed by atoms with van der Waals surface area (Å²) >= 11 is 0. The molecular formula is C46H86N2O5. The Balaban J connectivity index is 1.75. The summed E-state index contributed by atoms with van der Waals surface area (Å²) in [6, 6.07) is -0.330. The zero-order chi connectivity index (χ0) is 38.2. The fraction of sp³-hybridized carbons (Fsp3) is 0.913. The van der Waals surface area contributed by atoms with E-state index in [0.29, 0.717) is 25.6 Å². The molecule has 0 aromatic carbocycles. The zero-order valence-electron chi connectivity index (χ0n) is 35.4. The number of morpholine rings is 1. The second-order valence-electron chi connectivity index (χ2n) is 17.1. The molecule has 1 amide bonds. The molecule has 2 fully saturated rings. The standard InChI is InChI=1S/C46H86N2O5/c1-5-7-9-11-13-15-17-19-20-21-23-25-27-29-31-33-43(49)47-42(40-52-44(50)39-48-34-36-51-37-35-48)45-41(38-46(3,4)53-45)32-30-28-26-24-22-18-16-14-12-10-8-6-2/h19-20,41-42,45H,5-18,21-40H2,1-4H3,(H,47,49)/b20-19-/t41-,42-,45+/m0/s1. The van der Waals surface area contributed by atoms with Crippen molar-refractivity contribution < 1.29 is 23.8 Å². The molecular weight excluding hydrogens is 661 g/mol. The average molecular weight is 747 g/mol. The van der Waals surface area contributed by atoms with Crippen LogP contribution in [0.15, 0.2) is 12.2 Å². The molecule has 310 valence electrons. The molecule has 53 heavy (non-hydrogen) atoms. The van der Waals surface area contributed by atoms with Gasteiger partial charge in [-0.1, -0.05) is 154 Å². The first-order chi connectivity index (χ1) is 25.8. The van der Waals surface area contributed by atoms with E-state index < -0.39 is 0 Å². The normalized spacial score (nSPS) is 19.5. The Morgan fingerprint density at radius 2 is 1.21 bits per heavy atom. The second kappa shape index (κ2) is 31.7. The van der Waals surface area contributed by atoms with Crippen LogP contribution in [0.1, 0.15) is 207 Å². The van der Waals surface area contributed by atoms with Gasteiger partial charge in [0.1, 0.15) is 6.61 Å². The van der Waals surface area contributed by atoms with Crippen LogP contribution in [0.2, 0.25) is 0 Å². The molecule has 2 saturated heterocycles. The lowest BCUT2D eigenvalue weighted by Gasteiger charge is -2.30. The SMILES string of the molecule is CCCCCCCC/C=C\CCCCCCCC(=O)N[C@@H](COC(=O)CN1CCOCC1)[C@@H]1OC(C)(C)C[C@@H]1CCCCCCCCCCCCCC. The topological polar surface area (TPSA) is 77.1 Å². The van der Waals surface area contributed by atoms with Gasteiger partial charge >= 0.3 is 5.97 Å². The molecule has 2 heterocycles. The molecule has 0 aromatic rings. The lowest BCUT2D eigenvalue weighted by atomic mass is 9.86. The molecule has 7 nitrogen and oxygen atoms in total. The van der Waals surface area contributed by atoms with Crippen LogP contribution in [-0.2, 0) is 23.8 Å². The predicted molar refractivity (Wildman–Crippen MR) is 222 cm³/mol. The van der Waals surface area contributed by atoms with Gasteiger partial charge in [0.2, 0.25) is 5.91 Å². The first kappa shape index (κ1) is 47.7. The number of amides is 1. The van der Waals surface area contributed by atoms with E-state index in [1.54, 1.807) is 0 Å². The number of rotatable bonds is 34. The minimum absolute atomic E-state index is 0.0503. The fourth-order valence-corrected chi connectivity index (χ4v) is 8.21. The van der Waals surface area contributed by atoms with E-state index in [2.05, 4.69) is 50.1 Å². The molecule has 3 atom stereocenters. The Morgan fingerprint density at radius 3 is 1.75 bits per heavy atom. The van der Waals surface area contributed by atoms with Crippen LogP contribution in [0.25, 0.3) is 0 Å².